The monoisotopic (exact) mass is 299 g/mol. The lowest BCUT2D eigenvalue weighted by Crippen LogP contribution is -2.37. The molecule has 0 aliphatic rings. The molecule has 1 rings (SSSR count). The summed E-state index contributed by atoms with van der Waals surface area (Å²) in [7, 11) is 2.99. The minimum absolute atomic E-state index is 0.0870. The van der Waals surface area contributed by atoms with Crippen LogP contribution < -0.4 is 0 Å². The summed E-state index contributed by atoms with van der Waals surface area (Å²) < 4.78 is 6.36. The maximum absolute atomic E-state index is 12.4. The summed E-state index contributed by atoms with van der Waals surface area (Å²) in [4.78, 5) is 24.0. The number of aromatic nitrogens is 1. The fraction of sp³-hybridized carbons (Fsp3) is 0.615. The molecule has 21 heavy (non-hydrogen) atoms. The molecule has 0 aliphatic carbocycles. The van der Waals surface area contributed by atoms with Crippen LogP contribution in [0.15, 0.2) is 12.3 Å². The zero-order valence-electron chi connectivity index (χ0n) is 12.6. The summed E-state index contributed by atoms with van der Waals surface area (Å²) in [6.45, 7) is 3.87. The zero-order valence-corrected chi connectivity index (χ0v) is 12.6. The van der Waals surface area contributed by atoms with Crippen molar-refractivity contribution in [2.45, 2.75) is 26.0 Å². The normalized spacial score (nSPS) is 12.5. The summed E-state index contributed by atoms with van der Waals surface area (Å²) in [6, 6.07) is 1.16. The third kappa shape index (κ3) is 4.27. The standard InChI is InChI=1S/C13H21N3O5/c1-9(2)15-6-10(16(19)20)5-12(15)13(18)14(3)7-11(17)8-21-4/h5-6,9,11,17H,7-8H2,1-4H3. The zero-order chi connectivity index (χ0) is 16.2. The Hall–Kier alpha value is -1.93. The fourth-order valence-electron chi connectivity index (χ4n) is 2.00. The molecule has 0 saturated carbocycles. The first-order chi connectivity index (χ1) is 9.77. The second-order valence-electron chi connectivity index (χ2n) is 5.14. The SMILES string of the molecule is COCC(O)CN(C)C(=O)c1cc([N+](=O)[O-])cn1C(C)C. The van der Waals surface area contributed by atoms with E-state index in [0.717, 1.165) is 0 Å². The molecule has 1 amide bonds. The number of amides is 1. The van der Waals surface area contributed by atoms with E-state index in [0.29, 0.717) is 0 Å². The van der Waals surface area contributed by atoms with Crippen LogP contribution in [0, 0.1) is 10.1 Å². The number of nitro groups is 1. The van der Waals surface area contributed by atoms with Crippen LogP contribution in [0.3, 0.4) is 0 Å². The number of aliphatic hydroxyl groups excluding tert-OH is 1. The maximum atomic E-state index is 12.4. The van der Waals surface area contributed by atoms with Crippen LogP contribution in [0.5, 0.6) is 0 Å². The highest BCUT2D eigenvalue weighted by Gasteiger charge is 2.24. The Bertz CT molecular complexity index is 512. The highest BCUT2D eigenvalue weighted by molar-refractivity contribution is 5.93. The van der Waals surface area contributed by atoms with E-state index in [1.54, 1.807) is 4.57 Å². The van der Waals surface area contributed by atoms with Gasteiger partial charge in [0, 0.05) is 32.8 Å². The van der Waals surface area contributed by atoms with Crippen molar-refractivity contribution in [3.63, 3.8) is 0 Å². The van der Waals surface area contributed by atoms with Gasteiger partial charge in [-0.05, 0) is 13.8 Å². The maximum Gasteiger partial charge on any atom is 0.287 e. The first kappa shape index (κ1) is 17.1. The molecule has 1 heterocycles. The van der Waals surface area contributed by atoms with E-state index in [1.807, 2.05) is 13.8 Å². The van der Waals surface area contributed by atoms with Gasteiger partial charge in [-0.2, -0.15) is 0 Å². The molecule has 1 unspecified atom stereocenters. The van der Waals surface area contributed by atoms with Crippen molar-refractivity contribution >= 4 is 11.6 Å². The van der Waals surface area contributed by atoms with E-state index in [9.17, 15) is 20.0 Å². The Kier molecular flexibility index (Phi) is 5.86. The Morgan fingerprint density at radius 3 is 2.67 bits per heavy atom. The first-order valence-electron chi connectivity index (χ1n) is 6.56. The molecule has 1 N–H and O–H groups in total. The molecular weight excluding hydrogens is 278 g/mol. The van der Waals surface area contributed by atoms with E-state index in [2.05, 4.69) is 0 Å². The summed E-state index contributed by atoms with van der Waals surface area (Å²) in [6.07, 6.45) is 0.540. The van der Waals surface area contributed by atoms with Gasteiger partial charge in [0.25, 0.3) is 11.6 Å². The first-order valence-corrected chi connectivity index (χ1v) is 6.56. The minimum atomic E-state index is -0.804. The van der Waals surface area contributed by atoms with Crippen molar-refractivity contribution in [3.05, 3.63) is 28.1 Å². The second-order valence-corrected chi connectivity index (χ2v) is 5.14. The second kappa shape index (κ2) is 7.19. The third-order valence-electron chi connectivity index (χ3n) is 3.01. The number of nitrogens with zero attached hydrogens (tertiary/aromatic N) is 3. The van der Waals surface area contributed by atoms with Crippen molar-refractivity contribution in [2.24, 2.45) is 0 Å². The van der Waals surface area contributed by atoms with Crippen molar-refractivity contribution < 1.29 is 19.6 Å². The molecule has 0 bridgehead atoms. The molecule has 8 heteroatoms. The number of ether oxygens (including phenoxy) is 1. The lowest BCUT2D eigenvalue weighted by Gasteiger charge is -2.21. The van der Waals surface area contributed by atoms with Crippen molar-refractivity contribution in [1.29, 1.82) is 0 Å². The van der Waals surface area contributed by atoms with Crippen LogP contribution in [0.2, 0.25) is 0 Å². The molecule has 0 fully saturated rings. The molecule has 0 saturated heterocycles. The van der Waals surface area contributed by atoms with E-state index in [1.165, 1.54) is 31.3 Å². The van der Waals surface area contributed by atoms with Crippen LogP contribution in [0.25, 0.3) is 0 Å². The van der Waals surface area contributed by atoms with Gasteiger partial charge in [-0.1, -0.05) is 0 Å². The van der Waals surface area contributed by atoms with E-state index < -0.39 is 11.0 Å². The van der Waals surface area contributed by atoms with Crippen LogP contribution in [0.4, 0.5) is 5.69 Å². The molecular formula is C13H21N3O5. The van der Waals surface area contributed by atoms with Gasteiger partial charge in [-0.15, -0.1) is 0 Å². The molecule has 0 aliphatic heterocycles. The Balaban J connectivity index is 2.97. The topological polar surface area (TPSA) is 97.8 Å². The van der Waals surface area contributed by atoms with Gasteiger partial charge >= 0.3 is 0 Å². The lowest BCUT2D eigenvalue weighted by molar-refractivity contribution is -0.384. The minimum Gasteiger partial charge on any atom is -0.389 e. The molecule has 0 spiro atoms. The third-order valence-corrected chi connectivity index (χ3v) is 3.01. The molecule has 1 aromatic heterocycles. The van der Waals surface area contributed by atoms with Crippen LogP contribution >= 0.6 is 0 Å². The predicted octanol–water partition coefficient (Wildman–Crippen LogP) is 1.06. The average molecular weight is 299 g/mol. The van der Waals surface area contributed by atoms with Crippen LogP contribution in [0.1, 0.15) is 30.4 Å². The summed E-state index contributed by atoms with van der Waals surface area (Å²) >= 11 is 0. The van der Waals surface area contributed by atoms with Gasteiger partial charge in [-0.25, -0.2) is 0 Å². The number of methoxy groups -OCH3 is 1. The number of rotatable bonds is 7. The number of hydrogen-bond donors (Lipinski definition) is 1. The Labute approximate surface area is 123 Å². The van der Waals surface area contributed by atoms with Gasteiger partial charge in [0.2, 0.25) is 0 Å². The van der Waals surface area contributed by atoms with Crippen LogP contribution in [-0.4, -0.2) is 58.8 Å². The molecule has 118 valence electrons. The Morgan fingerprint density at radius 2 is 2.19 bits per heavy atom. The number of carbonyl (C=O) groups is 1. The average Bonchev–Trinajstić information content (AvgIpc) is 2.83. The number of carbonyl (C=O) groups excluding carboxylic acids is 1. The highest BCUT2D eigenvalue weighted by atomic mass is 16.6. The summed E-state index contributed by atoms with van der Waals surface area (Å²) in [5, 5.41) is 20.5. The van der Waals surface area contributed by atoms with Crippen molar-refractivity contribution in [1.82, 2.24) is 9.47 Å². The molecule has 0 aromatic carbocycles. The molecule has 1 atom stereocenters. The van der Waals surface area contributed by atoms with Crippen LogP contribution in [-0.2, 0) is 4.74 Å². The van der Waals surface area contributed by atoms with E-state index in [-0.39, 0.29) is 36.5 Å². The molecule has 8 nitrogen and oxygen atoms in total. The van der Waals surface area contributed by atoms with E-state index >= 15 is 0 Å². The van der Waals surface area contributed by atoms with E-state index in [4.69, 9.17) is 4.74 Å². The summed E-state index contributed by atoms with van der Waals surface area (Å²) in [5.74, 6) is -0.382. The Morgan fingerprint density at radius 1 is 1.57 bits per heavy atom. The largest absolute Gasteiger partial charge is 0.389 e. The van der Waals surface area contributed by atoms with Crippen molar-refractivity contribution in [2.75, 3.05) is 27.3 Å². The quantitative estimate of drug-likeness (QED) is 0.599. The van der Waals surface area contributed by atoms with Gasteiger partial charge in [0.05, 0.1) is 23.8 Å². The van der Waals surface area contributed by atoms with Crippen molar-refractivity contribution in [3.8, 4) is 0 Å². The van der Waals surface area contributed by atoms with Gasteiger partial charge < -0.3 is 19.3 Å². The fourth-order valence-corrected chi connectivity index (χ4v) is 2.00. The number of likely N-dealkylation sites (N-methyl/N-ethyl adjacent to an activating group) is 1. The van der Waals surface area contributed by atoms with Gasteiger partial charge in [0.15, 0.2) is 0 Å². The predicted molar refractivity (Wildman–Crippen MR) is 76.3 cm³/mol. The molecule has 0 radical (unpaired) electrons. The highest BCUT2D eigenvalue weighted by Crippen LogP contribution is 2.21. The number of aliphatic hydroxyl groups is 1. The number of hydrogen-bond acceptors (Lipinski definition) is 5. The van der Waals surface area contributed by atoms with Gasteiger partial charge in [0.1, 0.15) is 5.69 Å². The lowest BCUT2D eigenvalue weighted by atomic mass is 10.3. The smallest absolute Gasteiger partial charge is 0.287 e. The van der Waals surface area contributed by atoms with Gasteiger partial charge in [-0.3, -0.25) is 14.9 Å². The molecule has 1 aromatic rings. The summed E-state index contributed by atoms with van der Waals surface area (Å²) in [5.41, 5.74) is 0.0988.